The summed E-state index contributed by atoms with van der Waals surface area (Å²) < 4.78 is 5.16. The molecule has 24 heavy (non-hydrogen) atoms. The quantitative estimate of drug-likeness (QED) is 0.849. The van der Waals surface area contributed by atoms with Crippen LogP contribution >= 0.6 is 11.8 Å². The van der Waals surface area contributed by atoms with E-state index in [1.807, 2.05) is 24.3 Å². The van der Waals surface area contributed by atoms with Crippen molar-refractivity contribution < 1.29 is 19.4 Å². The highest BCUT2D eigenvalue weighted by Gasteiger charge is 2.32. The third-order valence-corrected chi connectivity index (χ3v) is 5.19. The highest BCUT2D eigenvalue weighted by Crippen LogP contribution is 2.39. The van der Waals surface area contributed by atoms with E-state index >= 15 is 0 Å². The standard InChI is InChI=1S/C18H17NO4S/c1-23-13-8-6-12(7-9-13)17-19(10-11-24-17)16(20)14-4-2-3-5-15(14)18(21)22/h2-9,17H,10-11H2,1H3,(H,21,22)/p-1/t17-/m0/s1. The molecule has 0 unspecified atom stereocenters. The lowest BCUT2D eigenvalue weighted by Gasteiger charge is -2.25. The lowest BCUT2D eigenvalue weighted by atomic mass is 10.1. The van der Waals surface area contributed by atoms with Crippen LogP contribution in [0, 0.1) is 0 Å². The summed E-state index contributed by atoms with van der Waals surface area (Å²) in [6, 6.07) is 13.7. The first-order valence-electron chi connectivity index (χ1n) is 7.48. The van der Waals surface area contributed by atoms with Crippen molar-refractivity contribution in [1.82, 2.24) is 4.90 Å². The summed E-state index contributed by atoms with van der Waals surface area (Å²) in [5.74, 6) is -0.0787. The highest BCUT2D eigenvalue weighted by molar-refractivity contribution is 7.99. The molecule has 2 aromatic carbocycles. The van der Waals surface area contributed by atoms with Crippen LogP contribution < -0.4 is 9.84 Å². The van der Waals surface area contributed by atoms with E-state index in [0.717, 1.165) is 17.1 Å². The zero-order valence-corrected chi connectivity index (χ0v) is 13.9. The van der Waals surface area contributed by atoms with Crippen LogP contribution in [0.4, 0.5) is 0 Å². The van der Waals surface area contributed by atoms with Crippen molar-refractivity contribution in [2.45, 2.75) is 5.37 Å². The first-order valence-corrected chi connectivity index (χ1v) is 8.53. The van der Waals surface area contributed by atoms with E-state index in [-0.39, 0.29) is 22.4 Å². The van der Waals surface area contributed by atoms with Gasteiger partial charge in [0.05, 0.1) is 13.1 Å². The van der Waals surface area contributed by atoms with Gasteiger partial charge >= 0.3 is 0 Å². The zero-order valence-electron chi connectivity index (χ0n) is 13.1. The number of carbonyl (C=O) groups is 2. The van der Waals surface area contributed by atoms with Crippen molar-refractivity contribution >= 4 is 23.6 Å². The second-order valence-electron chi connectivity index (χ2n) is 5.33. The number of nitrogens with zero attached hydrogens (tertiary/aromatic N) is 1. The van der Waals surface area contributed by atoms with Crippen LogP contribution in [-0.2, 0) is 0 Å². The predicted octanol–water partition coefficient (Wildman–Crippen LogP) is 1.95. The maximum Gasteiger partial charge on any atom is 0.255 e. The second-order valence-corrected chi connectivity index (χ2v) is 6.52. The Morgan fingerprint density at radius 2 is 1.79 bits per heavy atom. The SMILES string of the molecule is COc1ccc([C@@H]2SCCN2C(=O)c2ccccc2C(=O)[O-])cc1. The fourth-order valence-electron chi connectivity index (χ4n) is 2.72. The van der Waals surface area contributed by atoms with Gasteiger partial charge in [-0.3, -0.25) is 4.79 Å². The van der Waals surface area contributed by atoms with E-state index in [1.54, 1.807) is 35.9 Å². The van der Waals surface area contributed by atoms with Crippen LogP contribution in [0.2, 0.25) is 0 Å². The number of hydrogen-bond donors (Lipinski definition) is 0. The molecule has 1 saturated heterocycles. The van der Waals surface area contributed by atoms with Gasteiger partial charge in [-0.2, -0.15) is 0 Å². The van der Waals surface area contributed by atoms with Crippen molar-refractivity contribution in [2.24, 2.45) is 0 Å². The summed E-state index contributed by atoms with van der Waals surface area (Å²) in [6.45, 7) is 0.571. The smallest absolute Gasteiger partial charge is 0.255 e. The number of amides is 1. The van der Waals surface area contributed by atoms with Gasteiger partial charge < -0.3 is 19.5 Å². The van der Waals surface area contributed by atoms with Crippen LogP contribution in [0.25, 0.3) is 0 Å². The van der Waals surface area contributed by atoms with Crippen molar-refractivity contribution in [3.63, 3.8) is 0 Å². The molecule has 1 aliphatic rings. The number of aromatic carboxylic acids is 1. The lowest BCUT2D eigenvalue weighted by Crippen LogP contribution is -2.33. The minimum atomic E-state index is -1.34. The van der Waals surface area contributed by atoms with Crippen molar-refractivity contribution in [3.05, 3.63) is 65.2 Å². The first-order chi connectivity index (χ1) is 11.6. The van der Waals surface area contributed by atoms with E-state index < -0.39 is 5.97 Å². The fraction of sp³-hybridized carbons (Fsp3) is 0.222. The molecule has 0 bridgehead atoms. The molecule has 0 saturated carbocycles. The fourth-order valence-corrected chi connectivity index (χ4v) is 3.98. The van der Waals surface area contributed by atoms with E-state index in [1.165, 1.54) is 12.1 Å². The zero-order chi connectivity index (χ0) is 17.1. The van der Waals surface area contributed by atoms with E-state index in [0.29, 0.717) is 6.54 Å². The third-order valence-electron chi connectivity index (χ3n) is 3.93. The second kappa shape index (κ2) is 6.97. The van der Waals surface area contributed by atoms with Crippen LogP contribution in [0.5, 0.6) is 5.75 Å². The molecule has 3 rings (SSSR count). The molecule has 0 radical (unpaired) electrons. The maximum atomic E-state index is 12.9. The number of carboxylic acids is 1. The van der Waals surface area contributed by atoms with Gasteiger partial charge in [-0.25, -0.2) is 0 Å². The molecule has 5 nitrogen and oxygen atoms in total. The summed E-state index contributed by atoms with van der Waals surface area (Å²) in [7, 11) is 1.60. The monoisotopic (exact) mass is 342 g/mol. The molecule has 2 aromatic rings. The molecular weight excluding hydrogens is 326 g/mol. The van der Waals surface area contributed by atoms with Crippen LogP contribution in [0.15, 0.2) is 48.5 Å². The third kappa shape index (κ3) is 3.10. The normalized spacial score (nSPS) is 16.9. The Bertz CT molecular complexity index is 760. The Morgan fingerprint density at radius 1 is 1.12 bits per heavy atom. The van der Waals surface area contributed by atoms with E-state index in [4.69, 9.17) is 4.74 Å². The Morgan fingerprint density at radius 3 is 2.42 bits per heavy atom. The molecule has 1 fully saturated rings. The van der Waals surface area contributed by atoms with Gasteiger partial charge in [0.1, 0.15) is 11.1 Å². The molecule has 0 aliphatic carbocycles. The molecule has 1 atom stereocenters. The Balaban J connectivity index is 1.90. The number of thioether (sulfide) groups is 1. The summed E-state index contributed by atoms with van der Waals surface area (Å²) in [4.78, 5) is 25.8. The Hall–Kier alpha value is -2.47. The maximum absolute atomic E-state index is 12.9. The molecular formula is C18H16NO4S-. The molecule has 0 aromatic heterocycles. The van der Waals surface area contributed by atoms with Crippen molar-refractivity contribution in [1.29, 1.82) is 0 Å². The lowest BCUT2D eigenvalue weighted by molar-refractivity contribution is -0.255. The summed E-state index contributed by atoms with van der Waals surface area (Å²) in [6.07, 6.45) is 0. The van der Waals surface area contributed by atoms with Gasteiger partial charge in [-0.1, -0.05) is 30.3 Å². The average molecular weight is 342 g/mol. The summed E-state index contributed by atoms with van der Waals surface area (Å²) in [5, 5.41) is 11.1. The van der Waals surface area contributed by atoms with Crippen LogP contribution in [0.1, 0.15) is 31.7 Å². The predicted molar refractivity (Wildman–Crippen MR) is 90.0 cm³/mol. The number of carbonyl (C=O) groups excluding carboxylic acids is 2. The highest BCUT2D eigenvalue weighted by atomic mass is 32.2. The number of ether oxygens (including phenoxy) is 1. The Kier molecular flexibility index (Phi) is 4.76. The van der Waals surface area contributed by atoms with Crippen molar-refractivity contribution in [3.8, 4) is 5.75 Å². The summed E-state index contributed by atoms with van der Waals surface area (Å²) in [5.41, 5.74) is 1.07. The minimum Gasteiger partial charge on any atom is -0.545 e. The molecule has 1 amide bonds. The Labute approximate surface area is 144 Å². The van der Waals surface area contributed by atoms with Crippen LogP contribution in [0.3, 0.4) is 0 Å². The van der Waals surface area contributed by atoms with Gasteiger partial charge in [-0.15, -0.1) is 11.8 Å². The van der Waals surface area contributed by atoms with Crippen LogP contribution in [-0.4, -0.2) is 36.2 Å². The van der Waals surface area contributed by atoms with E-state index in [9.17, 15) is 14.7 Å². The summed E-state index contributed by atoms with van der Waals surface area (Å²) >= 11 is 1.66. The average Bonchev–Trinajstić information content (AvgIpc) is 3.10. The number of hydrogen-bond acceptors (Lipinski definition) is 5. The number of benzene rings is 2. The molecule has 1 aliphatic heterocycles. The molecule has 0 spiro atoms. The van der Waals surface area contributed by atoms with E-state index in [2.05, 4.69) is 0 Å². The largest absolute Gasteiger partial charge is 0.545 e. The topological polar surface area (TPSA) is 69.7 Å². The van der Waals surface area contributed by atoms with Gasteiger partial charge in [0.2, 0.25) is 0 Å². The molecule has 124 valence electrons. The number of carboxylic acid groups (broad SMARTS) is 1. The first kappa shape index (κ1) is 16.4. The molecule has 1 heterocycles. The number of methoxy groups -OCH3 is 1. The number of rotatable bonds is 4. The minimum absolute atomic E-state index is 0.0760. The van der Waals surface area contributed by atoms with Gasteiger partial charge in [-0.05, 0) is 23.8 Å². The molecule has 0 N–H and O–H groups in total. The van der Waals surface area contributed by atoms with Gasteiger partial charge in [0, 0.05) is 23.4 Å². The van der Waals surface area contributed by atoms with Gasteiger partial charge in [0.15, 0.2) is 0 Å². The van der Waals surface area contributed by atoms with Gasteiger partial charge in [0.25, 0.3) is 5.91 Å². The van der Waals surface area contributed by atoms with Crippen molar-refractivity contribution in [2.75, 3.05) is 19.4 Å². The molecule has 6 heteroatoms.